The van der Waals surface area contributed by atoms with Gasteiger partial charge < -0.3 is 29.7 Å². The van der Waals surface area contributed by atoms with Crippen LogP contribution < -0.4 is 10.1 Å². The minimum Gasteiger partial charge on any atom is -0.482 e. The number of anilines is 1. The predicted molar refractivity (Wildman–Crippen MR) is 100 cm³/mol. The molecule has 28 heavy (non-hydrogen) atoms. The van der Waals surface area contributed by atoms with Crippen molar-refractivity contribution in [3.05, 3.63) is 24.3 Å². The number of morpholine rings is 1. The molecule has 0 aromatic heterocycles. The number of nitrogens with one attached hydrogen (secondary N) is 1. The number of urea groups is 1. The summed E-state index contributed by atoms with van der Waals surface area (Å²) in [6.07, 6.45) is 1.22. The van der Waals surface area contributed by atoms with E-state index in [1.54, 1.807) is 29.2 Å². The van der Waals surface area contributed by atoms with Crippen molar-refractivity contribution in [3.8, 4) is 5.75 Å². The zero-order valence-corrected chi connectivity index (χ0v) is 15.6. The van der Waals surface area contributed by atoms with Gasteiger partial charge in [-0.1, -0.05) is 12.1 Å². The Morgan fingerprint density at radius 1 is 1.14 bits per heavy atom. The number of carboxylic acid groups (broad SMARTS) is 1. The van der Waals surface area contributed by atoms with Crippen molar-refractivity contribution in [3.63, 3.8) is 0 Å². The van der Waals surface area contributed by atoms with Crippen LogP contribution >= 0.6 is 0 Å². The number of ether oxygens (including phenoxy) is 2. The maximum atomic E-state index is 12.6. The summed E-state index contributed by atoms with van der Waals surface area (Å²) in [4.78, 5) is 39.2. The van der Waals surface area contributed by atoms with Crippen molar-refractivity contribution in [2.45, 2.75) is 12.8 Å². The SMILES string of the molecule is O=C(O)C1CCCN(C(=O)Nc2ccccc2OCC(=O)N2CCOCC2)C1. The maximum Gasteiger partial charge on any atom is 0.321 e. The third kappa shape index (κ3) is 5.13. The zero-order chi connectivity index (χ0) is 19.9. The molecule has 2 fully saturated rings. The summed E-state index contributed by atoms with van der Waals surface area (Å²) in [6.45, 7) is 2.68. The molecule has 0 radical (unpaired) electrons. The van der Waals surface area contributed by atoms with E-state index in [0.29, 0.717) is 57.1 Å². The van der Waals surface area contributed by atoms with E-state index < -0.39 is 11.9 Å². The van der Waals surface area contributed by atoms with Gasteiger partial charge in [-0.05, 0) is 25.0 Å². The predicted octanol–water partition coefficient (Wildman–Crippen LogP) is 1.25. The molecule has 1 aromatic rings. The Bertz CT molecular complexity index is 719. The van der Waals surface area contributed by atoms with Gasteiger partial charge in [-0.2, -0.15) is 0 Å². The standard InChI is InChI=1S/C19H25N3O6/c23-17(21-8-10-27-11-9-21)13-28-16-6-2-1-5-15(16)20-19(26)22-7-3-4-14(12-22)18(24)25/h1-2,5-6,14H,3-4,7-13H2,(H,20,26)(H,24,25). The van der Waals surface area contributed by atoms with Crippen LogP contribution in [0.3, 0.4) is 0 Å². The topological polar surface area (TPSA) is 108 Å². The largest absolute Gasteiger partial charge is 0.482 e. The lowest BCUT2D eigenvalue weighted by molar-refractivity contribution is -0.143. The van der Waals surface area contributed by atoms with Gasteiger partial charge in [-0.15, -0.1) is 0 Å². The molecule has 9 heteroatoms. The fraction of sp³-hybridized carbons (Fsp3) is 0.526. The van der Waals surface area contributed by atoms with E-state index >= 15 is 0 Å². The second-order valence-corrected chi connectivity index (χ2v) is 6.83. The summed E-state index contributed by atoms with van der Waals surface area (Å²) in [5, 5.41) is 11.9. The molecule has 0 saturated carbocycles. The second kappa shape index (κ2) is 9.41. The highest BCUT2D eigenvalue weighted by Gasteiger charge is 2.28. The van der Waals surface area contributed by atoms with E-state index in [-0.39, 0.29) is 25.1 Å². The number of para-hydroxylation sites is 2. The number of piperidine rings is 1. The van der Waals surface area contributed by atoms with Gasteiger partial charge in [0.05, 0.1) is 24.8 Å². The Labute approximate surface area is 163 Å². The van der Waals surface area contributed by atoms with Crippen LogP contribution in [0.2, 0.25) is 0 Å². The lowest BCUT2D eigenvalue weighted by Gasteiger charge is -2.31. The summed E-state index contributed by atoms with van der Waals surface area (Å²) in [7, 11) is 0. The van der Waals surface area contributed by atoms with Gasteiger partial charge >= 0.3 is 12.0 Å². The summed E-state index contributed by atoms with van der Waals surface area (Å²) < 4.78 is 10.9. The first-order chi connectivity index (χ1) is 13.5. The average molecular weight is 391 g/mol. The van der Waals surface area contributed by atoms with Crippen LogP contribution in [0.25, 0.3) is 0 Å². The van der Waals surface area contributed by atoms with Gasteiger partial charge in [-0.25, -0.2) is 4.79 Å². The van der Waals surface area contributed by atoms with Crippen LogP contribution in [0.5, 0.6) is 5.75 Å². The third-order valence-corrected chi connectivity index (χ3v) is 4.90. The van der Waals surface area contributed by atoms with Crippen LogP contribution in [0, 0.1) is 5.92 Å². The number of hydrogen-bond acceptors (Lipinski definition) is 5. The van der Waals surface area contributed by atoms with Gasteiger partial charge in [0.1, 0.15) is 5.75 Å². The third-order valence-electron chi connectivity index (χ3n) is 4.90. The molecule has 2 N–H and O–H groups in total. The molecule has 3 rings (SSSR count). The molecular formula is C19H25N3O6. The maximum absolute atomic E-state index is 12.6. The molecule has 152 valence electrons. The molecule has 3 amide bonds. The summed E-state index contributed by atoms with van der Waals surface area (Å²) in [5.74, 6) is -1.17. The molecule has 0 spiro atoms. The number of amides is 3. The van der Waals surface area contributed by atoms with Gasteiger partial charge in [0.25, 0.3) is 5.91 Å². The monoisotopic (exact) mass is 391 g/mol. The van der Waals surface area contributed by atoms with Gasteiger partial charge in [0.2, 0.25) is 0 Å². The Hall–Kier alpha value is -2.81. The lowest BCUT2D eigenvalue weighted by Crippen LogP contribution is -2.44. The molecule has 2 saturated heterocycles. The molecule has 2 aliphatic rings. The van der Waals surface area contributed by atoms with Gasteiger partial charge in [0.15, 0.2) is 6.61 Å². The van der Waals surface area contributed by atoms with Crippen molar-refractivity contribution in [1.29, 1.82) is 0 Å². The Balaban J connectivity index is 1.58. The first-order valence-corrected chi connectivity index (χ1v) is 9.40. The quantitative estimate of drug-likeness (QED) is 0.782. The van der Waals surface area contributed by atoms with Crippen LogP contribution in [0.15, 0.2) is 24.3 Å². The molecule has 2 aliphatic heterocycles. The highest BCUT2D eigenvalue weighted by molar-refractivity contribution is 5.91. The van der Waals surface area contributed by atoms with Crippen molar-refractivity contribution < 1.29 is 29.0 Å². The van der Waals surface area contributed by atoms with E-state index in [2.05, 4.69) is 5.32 Å². The highest BCUT2D eigenvalue weighted by Crippen LogP contribution is 2.25. The van der Waals surface area contributed by atoms with E-state index in [1.807, 2.05) is 0 Å². The smallest absolute Gasteiger partial charge is 0.321 e. The number of likely N-dealkylation sites (tertiary alicyclic amines) is 1. The van der Waals surface area contributed by atoms with Crippen LogP contribution in [0.4, 0.5) is 10.5 Å². The lowest BCUT2D eigenvalue weighted by atomic mass is 9.99. The van der Waals surface area contributed by atoms with Gasteiger partial charge in [0, 0.05) is 26.2 Å². The van der Waals surface area contributed by atoms with Gasteiger partial charge in [-0.3, -0.25) is 9.59 Å². The van der Waals surface area contributed by atoms with Crippen LogP contribution in [-0.2, 0) is 14.3 Å². The number of rotatable bonds is 5. The van der Waals surface area contributed by atoms with E-state index in [9.17, 15) is 19.5 Å². The Morgan fingerprint density at radius 3 is 2.64 bits per heavy atom. The summed E-state index contributed by atoms with van der Waals surface area (Å²) in [5.41, 5.74) is 0.444. The number of hydrogen-bond donors (Lipinski definition) is 2. The Kier molecular flexibility index (Phi) is 6.70. The minimum atomic E-state index is -0.886. The first kappa shape index (κ1) is 19.9. The number of carboxylic acids is 1. The molecule has 1 atom stereocenters. The Morgan fingerprint density at radius 2 is 1.89 bits per heavy atom. The van der Waals surface area contributed by atoms with Crippen LogP contribution in [-0.4, -0.2) is 78.8 Å². The minimum absolute atomic E-state index is 0.127. The van der Waals surface area contributed by atoms with E-state index in [0.717, 1.165) is 0 Å². The highest BCUT2D eigenvalue weighted by atomic mass is 16.5. The summed E-state index contributed by atoms with van der Waals surface area (Å²) in [6, 6.07) is 6.50. The second-order valence-electron chi connectivity index (χ2n) is 6.83. The molecule has 2 heterocycles. The fourth-order valence-electron chi connectivity index (χ4n) is 3.30. The normalized spacial score (nSPS) is 19.8. The molecule has 1 aromatic carbocycles. The number of carbonyl (C=O) groups is 3. The van der Waals surface area contributed by atoms with Crippen molar-refractivity contribution >= 4 is 23.6 Å². The van der Waals surface area contributed by atoms with E-state index in [1.165, 1.54) is 4.90 Å². The van der Waals surface area contributed by atoms with E-state index in [4.69, 9.17) is 9.47 Å². The van der Waals surface area contributed by atoms with Crippen molar-refractivity contribution in [2.75, 3.05) is 51.3 Å². The number of nitrogens with zero attached hydrogens (tertiary/aromatic N) is 2. The zero-order valence-electron chi connectivity index (χ0n) is 15.6. The fourth-order valence-corrected chi connectivity index (χ4v) is 3.30. The number of benzene rings is 1. The number of carbonyl (C=O) groups excluding carboxylic acids is 2. The molecule has 0 bridgehead atoms. The van der Waals surface area contributed by atoms with Crippen molar-refractivity contribution in [1.82, 2.24) is 9.80 Å². The average Bonchev–Trinajstić information content (AvgIpc) is 2.73. The molecule has 1 unspecified atom stereocenters. The molecular weight excluding hydrogens is 366 g/mol. The molecule has 0 aliphatic carbocycles. The molecule has 9 nitrogen and oxygen atoms in total. The van der Waals surface area contributed by atoms with Crippen molar-refractivity contribution in [2.24, 2.45) is 5.92 Å². The first-order valence-electron chi connectivity index (χ1n) is 9.40. The van der Waals surface area contributed by atoms with Crippen LogP contribution in [0.1, 0.15) is 12.8 Å². The summed E-state index contributed by atoms with van der Waals surface area (Å²) >= 11 is 0. The number of aliphatic carboxylic acids is 1.